The number of hydrogen-bond acceptors (Lipinski definition) is 4. The van der Waals surface area contributed by atoms with E-state index in [0.717, 1.165) is 21.6 Å². The van der Waals surface area contributed by atoms with Crippen LogP contribution < -0.4 is 5.32 Å². The predicted molar refractivity (Wildman–Crippen MR) is 119 cm³/mol. The fourth-order valence-electron chi connectivity index (χ4n) is 3.18. The molecular formula is C24H25NO3S. The van der Waals surface area contributed by atoms with Crippen LogP contribution in [0.25, 0.3) is 11.1 Å². The topological polar surface area (TPSA) is 55.4 Å². The van der Waals surface area contributed by atoms with Gasteiger partial charge in [0, 0.05) is 16.0 Å². The number of amides is 1. The minimum atomic E-state index is -0.466. The number of anilines is 1. The van der Waals surface area contributed by atoms with E-state index in [1.165, 1.54) is 18.4 Å². The van der Waals surface area contributed by atoms with E-state index in [-0.39, 0.29) is 11.3 Å². The first-order valence-electron chi connectivity index (χ1n) is 9.41. The Morgan fingerprint density at radius 1 is 0.966 bits per heavy atom. The Hall–Kier alpha value is -2.92. The summed E-state index contributed by atoms with van der Waals surface area (Å²) < 4.78 is 5.01. The van der Waals surface area contributed by atoms with Crippen molar-refractivity contribution in [1.29, 1.82) is 0 Å². The maximum absolute atomic E-state index is 12.8. The van der Waals surface area contributed by atoms with Gasteiger partial charge in [-0.25, -0.2) is 4.79 Å². The Balaban J connectivity index is 1.97. The first-order chi connectivity index (χ1) is 13.7. The molecule has 0 bridgehead atoms. The number of methoxy groups -OCH3 is 1. The van der Waals surface area contributed by atoms with E-state index >= 15 is 0 Å². The average molecular weight is 408 g/mol. The summed E-state index contributed by atoms with van der Waals surface area (Å²) in [6.07, 6.45) is 0. The van der Waals surface area contributed by atoms with Crippen molar-refractivity contribution < 1.29 is 14.3 Å². The fourth-order valence-corrected chi connectivity index (χ4v) is 4.24. The van der Waals surface area contributed by atoms with Gasteiger partial charge in [0.2, 0.25) is 0 Å². The highest BCUT2D eigenvalue weighted by atomic mass is 32.1. The number of esters is 1. The molecule has 3 rings (SSSR count). The van der Waals surface area contributed by atoms with Crippen molar-refractivity contribution in [3.8, 4) is 11.1 Å². The van der Waals surface area contributed by atoms with Crippen molar-refractivity contribution in [3.63, 3.8) is 0 Å². The minimum absolute atomic E-state index is 0.0164. The zero-order valence-corrected chi connectivity index (χ0v) is 18.1. The van der Waals surface area contributed by atoms with Crippen molar-refractivity contribution in [3.05, 3.63) is 76.2 Å². The molecule has 0 aliphatic carbocycles. The number of hydrogen-bond donors (Lipinski definition) is 1. The largest absolute Gasteiger partial charge is 0.465 e. The first-order valence-corrected chi connectivity index (χ1v) is 10.2. The van der Waals surface area contributed by atoms with Gasteiger partial charge in [-0.2, -0.15) is 0 Å². The van der Waals surface area contributed by atoms with Gasteiger partial charge in [-0.1, -0.05) is 63.2 Å². The molecule has 1 N–H and O–H groups in total. The van der Waals surface area contributed by atoms with Gasteiger partial charge in [0.1, 0.15) is 10.6 Å². The highest BCUT2D eigenvalue weighted by molar-refractivity contribution is 7.17. The molecule has 3 aromatic rings. The second-order valence-electron chi connectivity index (χ2n) is 7.88. The van der Waals surface area contributed by atoms with Crippen LogP contribution in [0.3, 0.4) is 0 Å². The van der Waals surface area contributed by atoms with E-state index in [4.69, 9.17) is 4.74 Å². The molecule has 0 aliphatic rings. The highest BCUT2D eigenvalue weighted by Gasteiger charge is 2.25. The first kappa shape index (κ1) is 20.8. The molecular weight excluding hydrogens is 382 g/mol. The van der Waals surface area contributed by atoms with Crippen molar-refractivity contribution in [2.24, 2.45) is 0 Å². The Morgan fingerprint density at radius 2 is 1.59 bits per heavy atom. The van der Waals surface area contributed by atoms with Crippen molar-refractivity contribution >= 4 is 28.2 Å². The number of aryl methyl sites for hydroxylation is 1. The molecule has 0 unspecified atom stereocenters. The maximum Gasteiger partial charge on any atom is 0.341 e. The molecule has 5 heteroatoms. The summed E-state index contributed by atoms with van der Waals surface area (Å²) in [5.41, 5.74) is 3.81. The lowest BCUT2D eigenvalue weighted by Gasteiger charge is -2.19. The maximum atomic E-state index is 12.8. The van der Waals surface area contributed by atoms with Crippen LogP contribution in [-0.4, -0.2) is 19.0 Å². The summed E-state index contributed by atoms with van der Waals surface area (Å²) in [6, 6.07) is 17.2. The zero-order chi connectivity index (χ0) is 21.2. The predicted octanol–water partition coefficient (Wildman–Crippen LogP) is 6.06. The molecule has 0 saturated carbocycles. The monoisotopic (exact) mass is 407 g/mol. The summed E-state index contributed by atoms with van der Waals surface area (Å²) in [6.45, 7) is 8.33. The molecule has 1 heterocycles. The van der Waals surface area contributed by atoms with E-state index in [1.807, 2.05) is 61.5 Å². The third-order valence-electron chi connectivity index (χ3n) is 4.78. The average Bonchev–Trinajstić information content (AvgIpc) is 3.03. The van der Waals surface area contributed by atoms with Gasteiger partial charge >= 0.3 is 5.97 Å². The van der Waals surface area contributed by atoms with Crippen LogP contribution in [0.5, 0.6) is 0 Å². The van der Waals surface area contributed by atoms with E-state index in [9.17, 15) is 9.59 Å². The molecule has 4 nitrogen and oxygen atoms in total. The Labute approximate surface area is 175 Å². The second kappa shape index (κ2) is 8.21. The molecule has 1 aromatic heterocycles. The third-order valence-corrected chi connectivity index (χ3v) is 5.80. The fraction of sp³-hybridized carbons (Fsp3) is 0.250. The van der Waals surface area contributed by atoms with Crippen LogP contribution in [0.2, 0.25) is 0 Å². The van der Waals surface area contributed by atoms with Gasteiger partial charge in [0.15, 0.2) is 0 Å². The van der Waals surface area contributed by atoms with Crippen molar-refractivity contribution in [1.82, 2.24) is 0 Å². The number of benzene rings is 2. The second-order valence-corrected chi connectivity index (χ2v) is 9.10. The summed E-state index contributed by atoms with van der Waals surface area (Å²) in [4.78, 5) is 26.3. The molecule has 0 atom stereocenters. The van der Waals surface area contributed by atoms with Crippen LogP contribution in [0.1, 0.15) is 51.9 Å². The molecule has 2 aromatic carbocycles. The van der Waals surface area contributed by atoms with Gasteiger partial charge in [0.05, 0.1) is 7.11 Å². The van der Waals surface area contributed by atoms with Gasteiger partial charge in [-0.3, -0.25) is 4.79 Å². The van der Waals surface area contributed by atoms with E-state index in [2.05, 4.69) is 26.1 Å². The lowest BCUT2D eigenvalue weighted by Crippen LogP contribution is -2.15. The number of carbonyl (C=O) groups excluding carboxylic acids is 2. The standard InChI is InChI=1S/C24H25NO3S/c1-15-19(16-9-7-6-8-10-16)20(23(27)28-5)22(29-15)25-21(26)17-11-13-18(14-12-17)24(2,3)4/h6-14H,1-5H3,(H,25,26). The van der Waals surface area contributed by atoms with E-state index in [0.29, 0.717) is 16.1 Å². The third kappa shape index (κ3) is 4.40. The zero-order valence-electron chi connectivity index (χ0n) is 17.3. The lowest BCUT2D eigenvalue weighted by atomic mass is 9.87. The number of nitrogens with one attached hydrogen (secondary N) is 1. The minimum Gasteiger partial charge on any atom is -0.465 e. The lowest BCUT2D eigenvalue weighted by molar-refractivity contribution is 0.0603. The molecule has 0 radical (unpaired) electrons. The summed E-state index contributed by atoms with van der Waals surface area (Å²) in [7, 11) is 1.35. The van der Waals surface area contributed by atoms with Gasteiger partial charge < -0.3 is 10.1 Å². The van der Waals surface area contributed by atoms with Gasteiger partial charge in [-0.05, 0) is 35.6 Å². The van der Waals surface area contributed by atoms with Crippen LogP contribution in [-0.2, 0) is 10.2 Å². The molecule has 0 spiro atoms. The van der Waals surface area contributed by atoms with E-state index in [1.54, 1.807) is 0 Å². The number of carbonyl (C=O) groups is 2. The van der Waals surface area contributed by atoms with Gasteiger partial charge in [0.25, 0.3) is 5.91 Å². The Morgan fingerprint density at radius 3 is 2.14 bits per heavy atom. The molecule has 150 valence electrons. The van der Waals surface area contributed by atoms with Crippen LogP contribution in [0.15, 0.2) is 54.6 Å². The quantitative estimate of drug-likeness (QED) is 0.535. The van der Waals surface area contributed by atoms with Crippen LogP contribution in [0.4, 0.5) is 5.00 Å². The number of thiophene rings is 1. The number of ether oxygens (including phenoxy) is 1. The number of rotatable bonds is 4. The van der Waals surface area contributed by atoms with Crippen molar-refractivity contribution in [2.45, 2.75) is 33.1 Å². The van der Waals surface area contributed by atoms with Gasteiger partial charge in [-0.15, -0.1) is 11.3 Å². The molecule has 29 heavy (non-hydrogen) atoms. The summed E-state index contributed by atoms with van der Waals surface area (Å²) in [5.74, 6) is -0.719. The van der Waals surface area contributed by atoms with Crippen LogP contribution >= 0.6 is 11.3 Å². The Bertz CT molecular complexity index is 1030. The molecule has 0 fully saturated rings. The normalized spacial score (nSPS) is 11.2. The Kier molecular flexibility index (Phi) is 5.89. The summed E-state index contributed by atoms with van der Waals surface area (Å²) in [5, 5.41) is 3.41. The SMILES string of the molecule is COC(=O)c1c(NC(=O)c2ccc(C(C)(C)C)cc2)sc(C)c1-c1ccccc1. The van der Waals surface area contributed by atoms with E-state index < -0.39 is 5.97 Å². The highest BCUT2D eigenvalue weighted by Crippen LogP contribution is 2.40. The smallest absolute Gasteiger partial charge is 0.341 e. The molecule has 1 amide bonds. The summed E-state index contributed by atoms with van der Waals surface area (Å²) >= 11 is 1.38. The molecule has 0 saturated heterocycles. The molecule has 0 aliphatic heterocycles. The van der Waals surface area contributed by atoms with Crippen molar-refractivity contribution in [2.75, 3.05) is 12.4 Å². The van der Waals surface area contributed by atoms with Crippen LogP contribution in [0, 0.1) is 6.92 Å².